The Bertz CT molecular complexity index is 407. The van der Waals surface area contributed by atoms with Crippen LogP contribution in [-0.4, -0.2) is 13.0 Å². The summed E-state index contributed by atoms with van der Waals surface area (Å²) in [7, 11) is 1.74. The summed E-state index contributed by atoms with van der Waals surface area (Å²) >= 11 is 0. The minimum atomic E-state index is 0.0944. The number of rotatable bonds is 4. The van der Waals surface area contributed by atoms with Gasteiger partial charge in [0.1, 0.15) is 0 Å². The number of amides is 1. The molecule has 0 aliphatic rings. The van der Waals surface area contributed by atoms with Gasteiger partial charge in [0, 0.05) is 19.2 Å². The van der Waals surface area contributed by atoms with Crippen LogP contribution in [0.1, 0.15) is 31.7 Å². The Balaban J connectivity index is 2.76. The number of carbonyl (C=O) groups is 1. The zero-order valence-corrected chi connectivity index (χ0v) is 9.73. The molecule has 0 aromatic heterocycles. The average Bonchev–Trinajstić information content (AvgIpc) is 2.35. The lowest BCUT2D eigenvalue weighted by Crippen LogP contribution is -2.25. The van der Waals surface area contributed by atoms with E-state index in [0.29, 0.717) is 12.0 Å². The SMILES string of the molecule is CCCCC(=O)N(C)c1cccc(C#N)c1. The normalized spacial score (nSPS) is 9.56. The molecule has 0 unspecified atom stereocenters. The summed E-state index contributed by atoms with van der Waals surface area (Å²) in [5.74, 6) is 0.0944. The molecule has 1 aromatic carbocycles. The summed E-state index contributed by atoms with van der Waals surface area (Å²) in [6.07, 6.45) is 2.47. The van der Waals surface area contributed by atoms with E-state index in [0.717, 1.165) is 18.5 Å². The van der Waals surface area contributed by atoms with Crippen molar-refractivity contribution in [2.24, 2.45) is 0 Å². The molecule has 0 aliphatic carbocycles. The topological polar surface area (TPSA) is 44.1 Å². The van der Waals surface area contributed by atoms with Crippen LogP contribution in [0.3, 0.4) is 0 Å². The number of hydrogen-bond acceptors (Lipinski definition) is 2. The quantitative estimate of drug-likeness (QED) is 0.776. The van der Waals surface area contributed by atoms with Crippen molar-refractivity contribution in [1.82, 2.24) is 0 Å². The van der Waals surface area contributed by atoms with Gasteiger partial charge in [-0.3, -0.25) is 4.79 Å². The number of nitrogens with zero attached hydrogens (tertiary/aromatic N) is 2. The first kappa shape index (κ1) is 12.3. The molecule has 84 valence electrons. The molecule has 1 aromatic rings. The van der Waals surface area contributed by atoms with E-state index in [-0.39, 0.29) is 5.91 Å². The molecule has 0 aliphatic heterocycles. The average molecular weight is 216 g/mol. The highest BCUT2D eigenvalue weighted by Gasteiger charge is 2.10. The van der Waals surface area contributed by atoms with E-state index in [1.54, 1.807) is 30.1 Å². The molecule has 0 saturated carbocycles. The van der Waals surface area contributed by atoms with Gasteiger partial charge in [-0.2, -0.15) is 5.26 Å². The Morgan fingerprint density at radius 1 is 1.50 bits per heavy atom. The van der Waals surface area contributed by atoms with E-state index in [2.05, 4.69) is 13.0 Å². The minimum Gasteiger partial charge on any atom is -0.315 e. The highest BCUT2D eigenvalue weighted by molar-refractivity contribution is 5.92. The highest BCUT2D eigenvalue weighted by Crippen LogP contribution is 2.15. The fourth-order valence-corrected chi connectivity index (χ4v) is 1.42. The van der Waals surface area contributed by atoms with Crippen LogP contribution < -0.4 is 4.90 Å². The maximum Gasteiger partial charge on any atom is 0.226 e. The Morgan fingerprint density at radius 3 is 2.88 bits per heavy atom. The lowest BCUT2D eigenvalue weighted by atomic mass is 10.2. The molecule has 1 rings (SSSR count). The molecule has 16 heavy (non-hydrogen) atoms. The van der Waals surface area contributed by atoms with Gasteiger partial charge in [0.25, 0.3) is 0 Å². The second-order valence-corrected chi connectivity index (χ2v) is 3.72. The van der Waals surface area contributed by atoms with Crippen molar-refractivity contribution >= 4 is 11.6 Å². The van der Waals surface area contributed by atoms with E-state index >= 15 is 0 Å². The van der Waals surface area contributed by atoms with Crippen molar-refractivity contribution in [1.29, 1.82) is 5.26 Å². The van der Waals surface area contributed by atoms with Crippen molar-refractivity contribution in [2.45, 2.75) is 26.2 Å². The molecule has 1 amide bonds. The zero-order valence-electron chi connectivity index (χ0n) is 9.73. The fourth-order valence-electron chi connectivity index (χ4n) is 1.42. The summed E-state index contributed by atoms with van der Waals surface area (Å²) < 4.78 is 0. The third-order valence-electron chi connectivity index (χ3n) is 2.48. The van der Waals surface area contributed by atoms with Crippen LogP contribution in [0.25, 0.3) is 0 Å². The second-order valence-electron chi connectivity index (χ2n) is 3.72. The standard InChI is InChI=1S/C13H16N2O/c1-3-4-8-13(16)15(2)12-7-5-6-11(9-12)10-14/h5-7,9H,3-4,8H2,1-2H3. The summed E-state index contributed by atoms with van der Waals surface area (Å²) in [4.78, 5) is 13.4. The monoisotopic (exact) mass is 216 g/mol. The lowest BCUT2D eigenvalue weighted by molar-refractivity contribution is -0.118. The molecule has 0 bridgehead atoms. The van der Waals surface area contributed by atoms with E-state index in [1.807, 2.05) is 6.07 Å². The maximum absolute atomic E-state index is 11.7. The third-order valence-corrected chi connectivity index (χ3v) is 2.48. The van der Waals surface area contributed by atoms with E-state index < -0.39 is 0 Å². The smallest absolute Gasteiger partial charge is 0.226 e. The largest absolute Gasteiger partial charge is 0.315 e. The number of nitriles is 1. The molecule has 0 heterocycles. The molecule has 0 radical (unpaired) electrons. The molecule has 3 heteroatoms. The van der Waals surface area contributed by atoms with Gasteiger partial charge in [-0.05, 0) is 24.6 Å². The minimum absolute atomic E-state index is 0.0944. The van der Waals surface area contributed by atoms with Crippen LogP contribution in [0.5, 0.6) is 0 Å². The second kappa shape index (κ2) is 5.92. The number of unbranched alkanes of at least 4 members (excludes halogenated alkanes) is 1. The number of hydrogen-bond donors (Lipinski definition) is 0. The molecular weight excluding hydrogens is 200 g/mol. The molecule has 0 spiro atoms. The van der Waals surface area contributed by atoms with Gasteiger partial charge >= 0.3 is 0 Å². The van der Waals surface area contributed by atoms with Gasteiger partial charge in [0.05, 0.1) is 11.6 Å². The first-order valence-corrected chi connectivity index (χ1v) is 5.45. The Hall–Kier alpha value is -1.82. The van der Waals surface area contributed by atoms with Crippen molar-refractivity contribution in [3.8, 4) is 6.07 Å². The number of carbonyl (C=O) groups excluding carboxylic acids is 1. The van der Waals surface area contributed by atoms with Crippen LogP contribution in [0.15, 0.2) is 24.3 Å². The lowest BCUT2D eigenvalue weighted by Gasteiger charge is -2.17. The number of benzene rings is 1. The van der Waals surface area contributed by atoms with Crippen molar-refractivity contribution in [3.05, 3.63) is 29.8 Å². The van der Waals surface area contributed by atoms with E-state index in [9.17, 15) is 4.79 Å². The predicted octanol–water partition coefficient (Wildman–Crippen LogP) is 2.71. The molecule has 0 saturated heterocycles. The maximum atomic E-state index is 11.7. The summed E-state index contributed by atoms with van der Waals surface area (Å²) in [5.41, 5.74) is 1.35. The van der Waals surface area contributed by atoms with Crippen molar-refractivity contribution in [3.63, 3.8) is 0 Å². The highest BCUT2D eigenvalue weighted by atomic mass is 16.2. The first-order valence-electron chi connectivity index (χ1n) is 5.45. The number of anilines is 1. The zero-order chi connectivity index (χ0) is 12.0. The first-order chi connectivity index (χ1) is 7.69. The summed E-state index contributed by atoms with van der Waals surface area (Å²) in [6.45, 7) is 2.06. The van der Waals surface area contributed by atoms with Crippen molar-refractivity contribution in [2.75, 3.05) is 11.9 Å². The summed E-state index contributed by atoms with van der Waals surface area (Å²) in [5, 5.41) is 8.77. The molecular formula is C13H16N2O. The Labute approximate surface area is 96.3 Å². The van der Waals surface area contributed by atoms with Crippen LogP contribution in [0.2, 0.25) is 0 Å². The van der Waals surface area contributed by atoms with Gasteiger partial charge < -0.3 is 4.90 Å². The van der Waals surface area contributed by atoms with Crippen LogP contribution in [-0.2, 0) is 4.79 Å². The van der Waals surface area contributed by atoms with Crippen molar-refractivity contribution < 1.29 is 4.79 Å². The van der Waals surface area contributed by atoms with Gasteiger partial charge in [-0.1, -0.05) is 19.4 Å². The van der Waals surface area contributed by atoms with Gasteiger partial charge in [-0.25, -0.2) is 0 Å². The van der Waals surface area contributed by atoms with Gasteiger partial charge in [-0.15, -0.1) is 0 Å². The van der Waals surface area contributed by atoms with E-state index in [1.165, 1.54) is 0 Å². The van der Waals surface area contributed by atoms with Gasteiger partial charge in [0.15, 0.2) is 0 Å². The van der Waals surface area contributed by atoms with E-state index in [4.69, 9.17) is 5.26 Å². The Morgan fingerprint density at radius 2 is 2.25 bits per heavy atom. The molecule has 0 atom stereocenters. The van der Waals surface area contributed by atoms with Crippen LogP contribution in [0, 0.1) is 11.3 Å². The van der Waals surface area contributed by atoms with Gasteiger partial charge in [0.2, 0.25) is 5.91 Å². The predicted molar refractivity (Wildman–Crippen MR) is 64.1 cm³/mol. The Kier molecular flexibility index (Phi) is 4.53. The molecule has 0 N–H and O–H groups in total. The molecule has 3 nitrogen and oxygen atoms in total. The van der Waals surface area contributed by atoms with Crippen LogP contribution in [0.4, 0.5) is 5.69 Å². The third kappa shape index (κ3) is 3.09. The fraction of sp³-hybridized carbons (Fsp3) is 0.385. The molecule has 0 fully saturated rings. The summed E-state index contributed by atoms with van der Waals surface area (Å²) in [6, 6.07) is 9.15. The van der Waals surface area contributed by atoms with Crippen LogP contribution >= 0.6 is 0 Å².